The first-order valence-corrected chi connectivity index (χ1v) is 12.9. The van der Waals surface area contributed by atoms with Gasteiger partial charge in [-0.1, -0.05) is 36.1 Å². The molecule has 0 radical (unpaired) electrons. The number of alkyl halides is 2. The summed E-state index contributed by atoms with van der Waals surface area (Å²) in [5, 5.41) is 21.5. The largest absolute Gasteiger partial charge is 0.489 e. The zero-order chi connectivity index (χ0) is 30.5. The van der Waals surface area contributed by atoms with Crippen LogP contribution in [0.15, 0.2) is 91.4 Å². The van der Waals surface area contributed by atoms with E-state index >= 15 is 8.78 Å². The summed E-state index contributed by atoms with van der Waals surface area (Å²) < 4.78 is 66.6. The van der Waals surface area contributed by atoms with Gasteiger partial charge in [-0.15, -0.1) is 5.10 Å². The van der Waals surface area contributed by atoms with Crippen molar-refractivity contribution in [1.29, 1.82) is 0 Å². The summed E-state index contributed by atoms with van der Waals surface area (Å²) in [6.07, 6.45) is 2.09. The van der Waals surface area contributed by atoms with Crippen molar-refractivity contribution >= 4 is 0 Å². The van der Waals surface area contributed by atoms with E-state index in [1.54, 1.807) is 24.3 Å². The van der Waals surface area contributed by atoms with Crippen LogP contribution in [0.25, 0.3) is 0 Å². The molecule has 5 rings (SSSR count). The second-order valence-corrected chi connectivity index (χ2v) is 9.58. The first-order chi connectivity index (χ1) is 20.7. The van der Waals surface area contributed by atoms with Gasteiger partial charge in [-0.3, -0.25) is 4.98 Å². The second kappa shape index (κ2) is 12.4. The van der Waals surface area contributed by atoms with Gasteiger partial charge in [-0.05, 0) is 70.1 Å². The highest BCUT2D eigenvalue weighted by Crippen LogP contribution is 2.46. The number of rotatable bonds is 9. The predicted molar refractivity (Wildman–Crippen MR) is 147 cm³/mol. The Labute approximate surface area is 243 Å². The Morgan fingerprint density at radius 1 is 0.884 bits per heavy atom. The Bertz CT molecular complexity index is 1740. The molecule has 12 heteroatoms. The Morgan fingerprint density at radius 3 is 2.21 bits per heavy atom. The molecule has 0 spiro atoms. The van der Waals surface area contributed by atoms with Gasteiger partial charge in [0.05, 0.1) is 6.54 Å². The van der Waals surface area contributed by atoms with Crippen LogP contribution in [0.4, 0.5) is 17.6 Å². The molecule has 1 unspecified atom stereocenters. The van der Waals surface area contributed by atoms with Crippen molar-refractivity contribution in [3.63, 3.8) is 0 Å². The Balaban J connectivity index is 1.31. The van der Waals surface area contributed by atoms with Crippen LogP contribution in [0.3, 0.4) is 0 Å². The van der Waals surface area contributed by atoms with Crippen LogP contribution in [0.1, 0.15) is 33.5 Å². The molecule has 0 aliphatic heterocycles. The third-order valence-corrected chi connectivity index (χ3v) is 6.63. The zero-order valence-corrected chi connectivity index (χ0v) is 22.5. The molecular weight excluding hydrogens is 564 g/mol. The van der Waals surface area contributed by atoms with Crippen molar-refractivity contribution in [2.75, 3.05) is 0 Å². The molecule has 0 saturated carbocycles. The van der Waals surface area contributed by atoms with Gasteiger partial charge in [0.2, 0.25) is 0 Å². The normalized spacial score (nSPS) is 12.7. The van der Waals surface area contributed by atoms with E-state index in [9.17, 15) is 13.9 Å². The van der Waals surface area contributed by atoms with Crippen molar-refractivity contribution in [1.82, 2.24) is 25.2 Å². The van der Waals surface area contributed by atoms with E-state index in [0.717, 1.165) is 46.5 Å². The number of ether oxygens (including phenoxy) is 1. The number of tetrazole rings is 1. The summed E-state index contributed by atoms with van der Waals surface area (Å²) in [4.78, 5) is 3.81. The van der Waals surface area contributed by atoms with Crippen molar-refractivity contribution < 1.29 is 27.4 Å². The maximum Gasteiger partial charge on any atom is 0.323 e. The summed E-state index contributed by atoms with van der Waals surface area (Å²) in [6, 6.07) is 19.0. The number of hydrogen-bond acceptors (Lipinski definition) is 7. The molecule has 2 aromatic heterocycles. The molecule has 1 atom stereocenters. The topological polar surface area (TPSA) is 112 Å². The molecule has 0 saturated heterocycles. The standard InChI is InChI=1S/C31H24F4N6O2/c32-25-10-13-27(28(33)15-25)30(42,19-41-20-38-39-40-41)31(34,35)29-14-9-23(17-37-29)4-1-21-7-11-26(12-8-21)43-18-24-5-2-22(16-36)3-6-24/h2-3,5-15,17,20,42H,16,18-19,36H2. The van der Waals surface area contributed by atoms with Crippen LogP contribution in [0.5, 0.6) is 5.75 Å². The van der Waals surface area contributed by atoms with Crippen molar-refractivity contribution in [2.24, 2.45) is 5.73 Å². The summed E-state index contributed by atoms with van der Waals surface area (Å²) in [5.41, 5.74) is 3.68. The number of benzene rings is 3. The lowest BCUT2D eigenvalue weighted by Gasteiger charge is -2.35. The first-order valence-electron chi connectivity index (χ1n) is 12.9. The van der Waals surface area contributed by atoms with Gasteiger partial charge in [-0.25, -0.2) is 13.5 Å². The molecule has 0 aliphatic carbocycles. The smallest absolute Gasteiger partial charge is 0.323 e. The lowest BCUT2D eigenvalue weighted by atomic mass is 9.84. The van der Waals surface area contributed by atoms with Gasteiger partial charge in [-0.2, -0.15) is 8.78 Å². The van der Waals surface area contributed by atoms with Gasteiger partial charge < -0.3 is 15.6 Å². The van der Waals surface area contributed by atoms with Gasteiger partial charge in [0.25, 0.3) is 0 Å². The molecule has 0 bridgehead atoms. The van der Waals surface area contributed by atoms with Crippen molar-refractivity contribution in [2.45, 2.75) is 31.2 Å². The SMILES string of the molecule is NCc1ccc(COc2ccc(C#Cc3ccc(C(F)(F)C(O)(Cn4cnnn4)c4ccc(F)cc4F)nc3)cc2)cc1. The van der Waals surface area contributed by atoms with Crippen LogP contribution in [0.2, 0.25) is 0 Å². The summed E-state index contributed by atoms with van der Waals surface area (Å²) >= 11 is 0. The highest BCUT2D eigenvalue weighted by Gasteiger charge is 2.58. The van der Waals surface area contributed by atoms with Gasteiger partial charge in [0, 0.05) is 35.5 Å². The number of pyridine rings is 1. The van der Waals surface area contributed by atoms with E-state index in [-0.39, 0.29) is 0 Å². The molecule has 0 fully saturated rings. The van der Waals surface area contributed by atoms with Crippen molar-refractivity contribution in [3.8, 4) is 17.6 Å². The molecule has 3 N–H and O–H groups in total. The van der Waals surface area contributed by atoms with Crippen molar-refractivity contribution in [3.05, 3.63) is 137 Å². The summed E-state index contributed by atoms with van der Waals surface area (Å²) in [5.74, 6) is -0.100. The monoisotopic (exact) mass is 588 g/mol. The second-order valence-electron chi connectivity index (χ2n) is 9.58. The summed E-state index contributed by atoms with van der Waals surface area (Å²) in [7, 11) is 0. The van der Waals surface area contributed by atoms with Crippen LogP contribution >= 0.6 is 0 Å². The Hall–Kier alpha value is -5.12. The minimum absolute atomic E-state index is 0.317. The molecule has 0 aliphatic rings. The molecule has 8 nitrogen and oxygen atoms in total. The highest BCUT2D eigenvalue weighted by molar-refractivity contribution is 5.44. The molecular formula is C31H24F4N6O2. The van der Waals surface area contributed by atoms with Gasteiger partial charge >= 0.3 is 5.92 Å². The minimum atomic E-state index is -4.16. The Kier molecular flexibility index (Phi) is 8.47. The number of hydrogen-bond donors (Lipinski definition) is 2. The fourth-order valence-electron chi connectivity index (χ4n) is 4.25. The molecule has 5 aromatic rings. The fourth-order valence-corrected chi connectivity index (χ4v) is 4.25. The van der Waals surface area contributed by atoms with E-state index in [4.69, 9.17) is 10.5 Å². The third-order valence-electron chi connectivity index (χ3n) is 6.63. The first kappa shape index (κ1) is 29.4. The molecule has 43 heavy (non-hydrogen) atoms. The fraction of sp³-hybridized carbons (Fsp3) is 0.161. The zero-order valence-electron chi connectivity index (χ0n) is 22.5. The van der Waals surface area contributed by atoms with Crippen LogP contribution in [-0.4, -0.2) is 30.3 Å². The average Bonchev–Trinajstić information content (AvgIpc) is 3.52. The number of nitrogens with two attached hydrogens (primary N) is 1. The van der Waals surface area contributed by atoms with E-state index in [1.807, 2.05) is 24.3 Å². The highest BCUT2D eigenvalue weighted by atomic mass is 19.3. The molecule has 0 amide bonds. The van der Waals surface area contributed by atoms with Crippen LogP contribution in [-0.2, 0) is 31.2 Å². The van der Waals surface area contributed by atoms with Gasteiger partial charge in [0.15, 0.2) is 5.60 Å². The average molecular weight is 589 g/mol. The quantitative estimate of drug-likeness (QED) is 0.193. The van der Waals surface area contributed by atoms with Gasteiger partial charge in [0.1, 0.15) is 36.0 Å². The molecule has 218 valence electrons. The Morgan fingerprint density at radius 2 is 1.58 bits per heavy atom. The maximum absolute atomic E-state index is 15.9. The van der Waals surface area contributed by atoms with Crippen LogP contribution < -0.4 is 10.5 Å². The number of aliphatic hydroxyl groups is 1. The summed E-state index contributed by atoms with van der Waals surface area (Å²) in [6.45, 7) is -0.0857. The number of aromatic nitrogens is 5. The number of halogens is 4. The molecule has 2 heterocycles. The number of nitrogens with zero attached hydrogens (tertiary/aromatic N) is 5. The van der Waals surface area contributed by atoms with Crippen LogP contribution in [0, 0.1) is 23.5 Å². The third kappa shape index (κ3) is 6.53. The predicted octanol–water partition coefficient (Wildman–Crippen LogP) is 4.46. The minimum Gasteiger partial charge on any atom is -0.489 e. The maximum atomic E-state index is 15.9. The lowest BCUT2D eigenvalue weighted by Crippen LogP contribution is -2.48. The lowest BCUT2D eigenvalue weighted by molar-refractivity contribution is -0.207. The van der Waals surface area contributed by atoms with E-state index < -0.39 is 41.0 Å². The molecule has 3 aromatic carbocycles. The van der Waals surface area contributed by atoms with E-state index in [2.05, 4.69) is 32.4 Å². The van der Waals surface area contributed by atoms with E-state index in [0.29, 0.717) is 36.1 Å². The van der Waals surface area contributed by atoms with E-state index in [1.165, 1.54) is 6.07 Å².